The van der Waals surface area contributed by atoms with Crippen LogP contribution in [-0.2, 0) is 0 Å². The van der Waals surface area contributed by atoms with Gasteiger partial charge in [-0.1, -0.05) is 30.3 Å². The van der Waals surface area contributed by atoms with Crippen molar-refractivity contribution in [2.75, 3.05) is 11.9 Å². The summed E-state index contributed by atoms with van der Waals surface area (Å²) in [5.74, 6) is 0.186. The normalized spacial score (nSPS) is 14.1. The van der Waals surface area contributed by atoms with Crippen molar-refractivity contribution >= 4 is 17.1 Å². The minimum Gasteiger partial charge on any atom is -0.381 e. The molecule has 0 aliphatic carbocycles. The van der Waals surface area contributed by atoms with Gasteiger partial charge in [-0.2, -0.15) is 0 Å². The number of Topliss-reactive ketones (excluding diaryl/α,β-unsaturated/α-hetero) is 1. The maximum atomic E-state index is 11.9. The van der Waals surface area contributed by atoms with Crippen molar-refractivity contribution < 1.29 is 4.79 Å². The molecule has 0 amide bonds. The van der Waals surface area contributed by atoms with E-state index in [0.29, 0.717) is 13.0 Å². The van der Waals surface area contributed by atoms with Gasteiger partial charge in [-0.05, 0) is 6.07 Å². The summed E-state index contributed by atoms with van der Waals surface area (Å²) in [4.78, 5) is 16.6. The van der Waals surface area contributed by atoms with Crippen molar-refractivity contribution in [3.63, 3.8) is 0 Å². The Balaban J connectivity index is 1.94. The molecule has 1 N–H and O–H groups in total. The van der Waals surface area contributed by atoms with Crippen LogP contribution in [0.3, 0.4) is 0 Å². The highest BCUT2D eigenvalue weighted by atomic mass is 16.1. The molecule has 0 fully saturated rings. The van der Waals surface area contributed by atoms with Gasteiger partial charge in [0.15, 0.2) is 11.4 Å². The molecule has 0 radical (unpaired) electrons. The second-order valence-electron chi connectivity index (χ2n) is 4.93. The molecule has 0 saturated heterocycles. The summed E-state index contributed by atoms with van der Waals surface area (Å²) in [5.41, 5.74) is 4.40. The summed E-state index contributed by atoms with van der Waals surface area (Å²) in [6, 6.07) is 11.9. The van der Waals surface area contributed by atoms with Crippen LogP contribution in [0, 0.1) is 0 Å². The maximum Gasteiger partial charge on any atom is 0.166 e. The zero-order valence-electron chi connectivity index (χ0n) is 10.8. The van der Waals surface area contributed by atoms with Gasteiger partial charge in [-0.15, -0.1) is 0 Å². The number of benzene rings is 1. The fraction of sp³-hybridized carbons (Fsp3) is 0.125. The van der Waals surface area contributed by atoms with Gasteiger partial charge in [0.05, 0.1) is 11.4 Å². The van der Waals surface area contributed by atoms with Gasteiger partial charge in [-0.25, -0.2) is 4.98 Å². The van der Waals surface area contributed by atoms with E-state index in [9.17, 15) is 4.79 Å². The molecule has 0 unspecified atom stereocenters. The van der Waals surface area contributed by atoms with E-state index >= 15 is 0 Å². The predicted octanol–water partition coefficient (Wildman–Crippen LogP) is 3.00. The van der Waals surface area contributed by atoms with Crippen LogP contribution >= 0.6 is 0 Å². The Kier molecular flexibility index (Phi) is 2.36. The second kappa shape index (κ2) is 4.20. The van der Waals surface area contributed by atoms with E-state index in [1.165, 1.54) is 0 Å². The van der Waals surface area contributed by atoms with Crippen LogP contribution in [0.2, 0.25) is 0 Å². The van der Waals surface area contributed by atoms with Gasteiger partial charge < -0.3 is 9.72 Å². The average Bonchev–Trinajstić information content (AvgIpc) is 2.93. The molecule has 4 nitrogen and oxygen atoms in total. The summed E-state index contributed by atoms with van der Waals surface area (Å²) in [7, 11) is 0. The van der Waals surface area contributed by atoms with Crippen LogP contribution in [0.5, 0.6) is 0 Å². The van der Waals surface area contributed by atoms with Gasteiger partial charge in [0.25, 0.3) is 0 Å². The maximum absolute atomic E-state index is 11.9. The third-order valence-electron chi connectivity index (χ3n) is 3.65. The largest absolute Gasteiger partial charge is 0.381 e. The van der Waals surface area contributed by atoms with Gasteiger partial charge in [0, 0.05) is 36.5 Å². The number of rotatable bonds is 1. The zero-order valence-corrected chi connectivity index (χ0v) is 10.8. The lowest BCUT2D eigenvalue weighted by atomic mass is 10.0. The quantitative estimate of drug-likeness (QED) is 0.734. The number of nitrogens with one attached hydrogen (secondary N) is 1. The first-order chi connectivity index (χ1) is 9.83. The van der Waals surface area contributed by atoms with Crippen molar-refractivity contribution in [2.24, 2.45) is 0 Å². The van der Waals surface area contributed by atoms with Gasteiger partial charge in [0.1, 0.15) is 0 Å². The standard InChI is InChI=1S/C16H13N3O/c20-14-6-8-17-15-12(14)7-9-19-10-13(18-16(15)19)11-4-2-1-3-5-11/h1-5,7,9-10,17H,6,8H2. The number of aromatic nitrogens is 2. The molecule has 4 heteroatoms. The number of nitrogens with zero attached hydrogens (tertiary/aromatic N) is 2. The Bertz CT molecular complexity index is 805. The second-order valence-corrected chi connectivity index (χ2v) is 4.93. The first-order valence-electron chi connectivity index (χ1n) is 6.67. The Morgan fingerprint density at radius 1 is 1.15 bits per heavy atom. The fourth-order valence-corrected chi connectivity index (χ4v) is 2.64. The van der Waals surface area contributed by atoms with E-state index in [-0.39, 0.29) is 5.78 Å². The van der Waals surface area contributed by atoms with Gasteiger partial charge in [-0.3, -0.25) is 4.79 Å². The number of ketones is 1. The summed E-state index contributed by atoms with van der Waals surface area (Å²) < 4.78 is 1.97. The van der Waals surface area contributed by atoms with Crippen LogP contribution in [0.15, 0.2) is 48.8 Å². The molecule has 3 heterocycles. The number of anilines is 1. The van der Waals surface area contributed by atoms with Crippen molar-refractivity contribution in [3.8, 4) is 11.3 Å². The molecule has 4 rings (SSSR count). The Labute approximate surface area is 116 Å². The molecule has 0 atom stereocenters. The van der Waals surface area contributed by atoms with Gasteiger partial charge >= 0.3 is 0 Å². The first kappa shape index (κ1) is 11.2. The molecule has 0 bridgehead atoms. The summed E-state index contributed by atoms with van der Waals surface area (Å²) in [6.07, 6.45) is 4.44. The van der Waals surface area contributed by atoms with Gasteiger partial charge in [0.2, 0.25) is 0 Å². The van der Waals surface area contributed by atoms with Crippen molar-refractivity contribution in [2.45, 2.75) is 6.42 Å². The molecule has 98 valence electrons. The molecule has 3 aromatic rings. The van der Waals surface area contributed by atoms with E-state index in [2.05, 4.69) is 10.3 Å². The van der Waals surface area contributed by atoms with Crippen LogP contribution in [0.25, 0.3) is 16.9 Å². The SMILES string of the molecule is O=C1CCNc2c1ccn1cc(-c3ccccc3)nc21. The van der Waals surface area contributed by atoms with E-state index in [0.717, 1.165) is 28.2 Å². The van der Waals surface area contributed by atoms with E-state index in [4.69, 9.17) is 0 Å². The highest BCUT2D eigenvalue weighted by Gasteiger charge is 2.20. The van der Waals surface area contributed by atoms with Crippen LogP contribution < -0.4 is 5.32 Å². The highest BCUT2D eigenvalue weighted by molar-refractivity contribution is 6.05. The smallest absolute Gasteiger partial charge is 0.166 e. The molecule has 20 heavy (non-hydrogen) atoms. The summed E-state index contributed by atoms with van der Waals surface area (Å²) >= 11 is 0. The number of fused-ring (bicyclic) bond motifs is 3. The zero-order chi connectivity index (χ0) is 13.5. The number of hydrogen-bond donors (Lipinski definition) is 1. The molecule has 0 saturated carbocycles. The number of imidazole rings is 1. The minimum absolute atomic E-state index is 0.186. The third-order valence-corrected chi connectivity index (χ3v) is 3.65. The van der Waals surface area contributed by atoms with Crippen molar-refractivity contribution in [3.05, 3.63) is 54.4 Å². The lowest BCUT2D eigenvalue weighted by Gasteiger charge is -2.17. The highest BCUT2D eigenvalue weighted by Crippen LogP contribution is 2.28. The summed E-state index contributed by atoms with van der Waals surface area (Å²) in [5, 5.41) is 3.30. The molecule has 1 aliphatic heterocycles. The Morgan fingerprint density at radius 2 is 2.00 bits per heavy atom. The number of carbonyl (C=O) groups is 1. The Morgan fingerprint density at radius 3 is 2.85 bits per heavy atom. The molecule has 0 spiro atoms. The van der Waals surface area contributed by atoms with Crippen LogP contribution in [0.1, 0.15) is 16.8 Å². The fourth-order valence-electron chi connectivity index (χ4n) is 2.64. The van der Waals surface area contributed by atoms with E-state index < -0.39 is 0 Å². The van der Waals surface area contributed by atoms with Crippen molar-refractivity contribution in [1.82, 2.24) is 9.38 Å². The predicted molar refractivity (Wildman–Crippen MR) is 78.1 cm³/mol. The number of hydrogen-bond acceptors (Lipinski definition) is 3. The number of pyridine rings is 1. The molecule has 2 aromatic heterocycles. The van der Waals surface area contributed by atoms with Crippen LogP contribution in [0.4, 0.5) is 5.69 Å². The van der Waals surface area contributed by atoms with E-state index in [1.807, 2.05) is 53.2 Å². The molecular weight excluding hydrogens is 250 g/mol. The minimum atomic E-state index is 0.186. The van der Waals surface area contributed by atoms with Crippen molar-refractivity contribution in [1.29, 1.82) is 0 Å². The molecule has 1 aromatic carbocycles. The number of carbonyl (C=O) groups excluding carboxylic acids is 1. The Hall–Kier alpha value is -2.62. The van der Waals surface area contributed by atoms with E-state index in [1.54, 1.807) is 0 Å². The lowest BCUT2D eigenvalue weighted by molar-refractivity contribution is 0.0983. The molecule has 1 aliphatic rings. The monoisotopic (exact) mass is 263 g/mol. The lowest BCUT2D eigenvalue weighted by Crippen LogP contribution is -2.18. The first-order valence-corrected chi connectivity index (χ1v) is 6.67. The average molecular weight is 263 g/mol. The van der Waals surface area contributed by atoms with Crippen LogP contribution in [-0.4, -0.2) is 21.7 Å². The molecular formula is C16H13N3O. The third kappa shape index (κ3) is 1.61. The topological polar surface area (TPSA) is 46.4 Å². The summed E-state index contributed by atoms with van der Waals surface area (Å²) in [6.45, 7) is 0.680.